The Bertz CT molecular complexity index is 581. The van der Waals surface area contributed by atoms with Crippen LogP contribution in [0.15, 0.2) is 39.9 Å². The van der Waals surface area contributed by atoms with E-state index in [0.717, 1.165) is 12.0 Å². The molecule has 0 saturated carbocycles. The fourth-order valence-corrected chi connectivity index (χ4v) is 1.74. The predicted molar refractivity (Wildman–Crippen MR) is 71.8 cm³/mol. The zero-order valence-corrected chi connectivity index (χ0v) is 11.1. The Morgan fingerprint density at radius 2 is 2.06 bits per heavy atom. The Hall–Kier alpha value is -1.66. The minimum Gasteiger partial charge on any atom is -0.438 e. The molecule has 0 radical (unpaired) electrons. The number of hydrogen-bond acceptors (Lipinski definition) is 4. The molecule has 0 aliphatic heterocycles. The summed E-state index contributed by atoms with van der Waals surface area (Å²) in [6.45, 7) is 0.612. The summed E-state index contributed by atoms with van der Waals surface area (Å²) >= 11 is 3.13. The van der Waals surface area contributed by atoms with Crippen molar-refractivity contribution in [2.75, 3.05) is 6.54 Å². The fourth-order valence-electron chi connectivity index (χ4n) is 1.44. The van der Waals surface area contributed by atoms with Crippen LogP contribution in [0.1, 0.15) is 5.56 Å². The highest BCUT2D eigenvalue weighted by Gasteiger charge is 2.07. The third-order valence-corrected chi connectivity index (χ3v) is 3.03. The van der Waals surface area contributed by atoms with Gasteiger partial charge in [0.15, 0.2) is 0 Å². The average Bonchev–Trinajstić information content (AvgIpc) is 2.38. The van der Waals surface area contributed by atoms with Crippen LogP contribution in [0.2, 0.25) is 0 Å². The SMILES string of the molecule is NCCc1ccc(Oc2nc[nH]c(=O)c2Br)cc1. The molecule has 0 atom stereocenters. The number of halogens is 1. The van der Waals surface area contributed by atoms with Crippen LogP contribution >= 0.6 is 15.9 Å². The molecule has 1 aromatic carbocycles. The minimum absolute atomic E-state index is 0.241. The first kappa shape index (κ1) is 12.8. The molecule has 3 N–H and O–H groups in total. The van der Waals surface area contributed by atoms with Crippen molar-refractivity contribution >= 4 is 15.9 Å². The van der Waals surface area contributed by atoms with Gasteiger partial charge in [0.25, 0.3) is 5.56 Å². The summed E-state index contributed by atoms with van der Waals surface area (Å²) in [7, 11) is 0. The number of nitrogens with two attached hydrogens (primary N) is 1. The summed E-state index contributed by atoms with van der Waals surface area (Å²) in [6, 6.07) is 7.51. The van der Waals surface area contributed by atoms with E-state index in [2.05, 4.69) is 25.9 Å². The molecule has 94 valence electrons. The zero-order valence-electron chi connectivity index (χ0n) is 9.52. The molecule has 0 saturated heterocycles. The number of aromatic nitrogens is 2. The van der Waals surface area contributed by atoms with Crippen molar-refractivity contribution in [2.45, 2.75) is 6.42 Å². The van der Waals surface area contributed by atoms with Gasteiger partial charge in [-0.15, -0.1) is 0 Å². The number of benzene rings is 1. The van der Waals surface area contributed by atoms with Crippen LogP contribution in [-0.4, -0.2) is 16.5 Å². The van der Waals surface area contributed by atoms with Crippen LogP contribution in [-0.2, 0) is 6.42 Å². The van der Waals surface area contributed by atoms with Gasteiger partial charge < -0.3 is 15.5 Å². The highest BCUT2D eigenvalue weighted by Crippen LogP contribution is 2.24. The average molecular weight is 310 g/mol. The molecule has 0 bridgehead atoms. The van der Waals surface area contributed by atoms with E-state index in [0.29, 0.717) is 12.3 Å². The fraction of sp³-hybridized carbons (Fsp3) is 0.167. The Morgan fingerprint density at radius 3 is 2.72 bits per heavy atom. The van der Waals surface area contributed by atoms with Crippen molar-refractivity contribution in [3.8, 4) is 11.6 Å². The highest BCUT2D eigenvalue weighted by molar-refractivity contribution is 9.10. The van der Waals surface area contributed by atoms with Gasteiger partial charge in [0, 0.05) is 0 Å². The van der Waals surface area contributed by atoms with Gasteiger partial charge in [-0.05, 0) is 46.6 Å². The standard InChI is InChI=1S/C12H12BrN3O2/c13-10-11(17)15-7-16-12(10)18-9-3-1-8(2-4-9)5-6-14/h1-4,7H,5-6,14H2,(H,15,16,17). The van der Waals surface area contributed by atoms with Gasteiger partial charge in [-0.1, -0.05) is 12.1 Å². The largest absolute Gasteiger partial charge is 0.438 e. The molecule has 0 fully saturated rings. The highest BCUT2D eigenvalue weighted by atomic mass is 79.9. The van der Waals surface area contributed by atoms with Crippen molar-refractivity contribution in [1.82, 2.24) is 9.97 Å². The lowest BCUT2D eigenvalue weighted by atomic mass is 10.1. The molecule has 18 heavy (non-hydrogen) atoms. The molecule has 1 aromatic heterocycles. The Balaban J connectivity index is 2.18. The van der Waals surface area contributed by atoms with Gasteiger partial charge >= 0.3 is 0 Å². The third-order valence-electron chi connectivity index (χ3n) is 2.34. The molecule has 0 amide bonds. The summed E-state index contributed by atoms with van der Waals surface area (Å²) in [5.41, 5.74) is 6.34. The van der Waals surface area contributed by atoms with Crippen molar-refractivity contribution in [3.05, 3.63) is 51.0 Å². The molecule has 1 heterocycles. The minimum atomic E-state index is -0.278. The van der Waals surface area contributed by atoms with Crippen LogP contribution in [0.5, 0.6) is 11.6 Å². The number of nitrogens with one attached hydrogen (secondary N) is 1. The second-order valence-corrected chi connectivity index (χ2v) is 4.43. The van der Waals surface area contributed by atoms with E-state index in [1.165, 1.54) is 6.33 Å². The molecule has 0 spiro atoms. The van der Waals surface area contributed by atoms with E-state index >= 15 is 0 Å². The first-order chi connectivity index (χ1) is 8.70. The van der Waals surface area contributed by atoms with E-state index < -0.39 is 0 Å². The molecule has 5 nitrogen and oxygen atoms in total. The van der Waals surface area contributed by atoms with Crippen LogP contribution in [0.3, 0.4) is 0 Å². The summed E-state index contributed by atoms with van der Waals surface area (Å²) in [4.78, 5) is 17.7. The smallest absolute Gasteiger partial charge is 0.268 e. The van der Waals surface area contributed by atoms with Gasteiger partial charge in [-0.25, -0.2) is 4.98 Å². The lowest BCUT2D eigenvalue weighted by Gasteiger charge is -2.06. The number of H-pyrrole nitrogens is 1. The quantitative estimate of drug-likeness (QED) is 0.902. The molecule has 0 unspecified atom stereocenters. The molecular formula is C12H12BrN3O2. The van der Waals surface area contributed by atoms with Gasteiger partial charge in [-0.3, -0.25) is 4.79 Å². The van der Waals surface area contributed by atoms with E-state index in [4.69, 9.17) is 10.5 Å². The maximum Gasteiger partial charge on any atom is 0.268 e. The molecule has 0 aliphatic carbocycles. The number of ether oxygens (including phenoxy) is 1. The monoisotopic (exact) mass is 309 g/mol. The second-order valence-electron chi connectivity index (χ2n) is 3.64. The lowest BCUT2D eigenvalue weighted by molar-refractivity contribution is 0.456. The van der Waals surface area contributed by atoms with Gasteiger partial charge in [0.1, 0.15) is 10.2 Å². The first-order valence-corrected chi connectivity index (χ1v) is 6.20. The maximum absolute atomic E-state index is 11.3. The number of nitrogens with zero attached hydrogens (tertiary/aromatic N) is 1. The van der Waals surface area contributed by atoms with Crippen LogP contribution in [0.4, 0.5) is 0 Å². The molecule has 2 rings (SSSR count). The summed E-state index contributed by atoms with van der Waals surface area (Å²) in [5.74, 6) is 0.861. The molecule has 6 heteroatoms. The van der Waals surface area contributed by atoms with Crippen molar-refractivity contribution in [1.29, 1.82) is 0 Å². The topological polar surface area (TPSA) is 81.0 Å². The Morgan fingerprint density at radius 1 is 1.33 bits per heavy atom. The summed E-state index contributed by atoms with van der Waals surface area (Å²) < 4.78 is 5.79. The molecule has 0 aliphatic rings. The van der Waals surface area contributed by atoms with Gasteiger partial charge in [0.2, 0.25) is 5.88 Å². The van der Waals surface area contributed by atoms with Crippen molar-refractivity contribution < 1.29 is 4.74 Å². The number of aromatic amines is 1. The Labute approximate surface area is 112 Å². The van der Waals surface area contributed by atoms with E-state index in [-0.39, 0.29) is 15.9 Å². The van der Waals surface area contributed by atoms with Gasteiger partial charge in [-0.2, -0.15) is 0 Å². The van der Waals surface area contributed by atoms with Crippen molar-refractivity contribution in [2.24, 2.45) is 5.73 Å². The van der Waals surface area contributed by atoms with E-state index in [9.17, 15) is 4.79 Å². The van der Waals surface area contributed by atoms with Crippen molar-refractivity contribution in [3.63, 3.8) is 0 Å². The van der Waals surface area contributed by atoms with Crippen LogP contribution < -0.4 is 16.0 Å². The maximum atomic E-state index is 11.3. The van der Waals surface area contributed by atoms with Gasteiger partial charge in [0.05, 0.1) is 6.33 Å². The third kappa shape index (κ3) is 2.96. The zero-order chi connectivity index (χ0) is 13.0. The lowest BCUT2D eigenvalue weighted by Crippen LogP contribution is -2.08. The number of rotatable bonds is 4. The van der Waals surface area contributed by atoms with Crippen LogP contribution in [0, 0.1) is 0 Å². The predicted octanol–water partition coefficient (Wildman–Crippen LogP) is 1.83. The van der Waals surface area contributed by atoms with Crippen LogP contribution in [0.25, 0.3) is 0 Å². The molecular weight excluding hydrogens is 298 g/mol. The summed E-state index contributed by atoms with van der Waals surface area (Å²) in [6.07, 6.45) is 2.12. The second kappa shape index (κ2) is 5.79. The number of hydrogen-bond donors (Lipinski definition) is 2. The first-order valence-electron chi connectivity index (χ1n) is 5.41. The normalized spacial score (nSPS) is 10.3. The van der Waals surface area contributed by atoms with E-state index in [1.54, 1.807) is 0 Å². The molecule has 2 aromatic rings. The summed E-state index contributed by atoms with van der Waals surface area (Å²) in [5, 5.41) is 0. The van der Waals surface area contributed by atoms with E-state index in [1.807, 2.05) is 24.3 Å². The Kier molecular flexibility index (Phi) is 4.11.